The zero-order valence-corrected chi connectivity index (χ0v) is 13.5. The maximum Gasteiger partial charge on any atom is 0.282 e. The molecule has 2 heterocycles. The fourth-order valence-electron chi connectivity index (χ4n) is 3.18. The van der Waals surface area contributed by atoms with Gasteiger partial charge in [-0.1, -0.05) is 0 Å². The van der Waals surface area contributed by atoms with Crippen LogP contribution in [0.25, 0.3) is 0 Å². The van der Waals surface area contributed by atoms with Crippen molar-refractivity contribution < 1.29 is 8.42 Å². The van der Waals surface area contributed by atoms with Crippen LogP contribution in [0.5, 0.6) is 0 Å². The molecule has 7 heteroatoms. The van der Waals surface area contributed by atoms with Crippen molar-refractivity contribution in [3.63, 3.8) is 0 Å². The molecule has 2 aliphatic rings. The number of likely N-dealkylation sites (N-methyl/N-ethyl adjacent to an activating group) is 2. The molecule has 0 saturated carbocycles. The summed E-state index contributed by atoms with van der Waals surface area (Å²) in [6.45, 7) is 3.77. The molecule has 0 bridgehead atoms. The zero-order chi connectivity index (χ0) is 14.8. The Morgan fingerprint density at radius 1 is 1.20 bits per heavy atom. The van der Waals surface area contributed by atoms with Gasteiger partial charge in [-0.2, -0.15) is 17.0 Å². The number of rotatable bonds is 4. The van der Waals surface area contributed by atoms with Crippen LogP contribution in [-0.4, -0.2) is 74.8 Å². The molecule has 2 N–H and O–H groups in total. The highest BCUT2D eigenvalue weighted by Gasteiger charge is 2.35. The van der Waals surface area contributed by atoms with Crippen molar-refractivity contribution in [1.29, 1.82) is 0 Å². The average molecular weight is 304 g/mol. The fourth-order valence-corrected chi connectivity index (χ4v) is 4.77. The molecule has 0 spiro atoms. The van der Waals surface area contributed by atoms with E-state index in [1.807, 2.05) is 0 Å². The molecular formula is C13H28N4O2S. The van der Waals surface area contributed by atoms with Gasteiger partial charge in [0.15, 0.2) is 0 Å². The van der Waals surface area contributed by atoms with Crippen LogP contribution in [0.15, 0.2) is 0 Å². The van der Waals surface area contributed by atoms with E-state index in [0.717, 1.165) is 38.8 Å². The molecule has 20 heavy (non-hydrogen) atoms. The minimum Gasteiger partial charge on any atom is -0.330 e. The molecule has 2 fully saturated rings. The van der Waals surface area contributed by atoms with Gasteiger partial charge < -0.3 is 10.6 Å². The van der Waals surface area contributed by atoms with Gasteiger partial charge in [0.1, 0.15) is 0 Å². The van der Waals surface area contributed by atoms with Crippen LogP contribution < -0.4 is 5.73 Å². The Kier molecular flexibility index (Phi) is 5.42. The molecule has 2 saturated heterocycles. The number of hydrogen-bond donors (Lipinski definition) is 1. The summed E-state index contributed by atoms with van der Waals surface area (Å²) in [5, 5.41) is 0. The van der Waals surface area contributed by atoms with Gasteiger partial charge in [0, 0.05) is 32.7 Å². The summed E-state index contributed by atoms with van der Waals surface area (Å²) >= 11 is 0. The molecular weight excluding hydrogens is 276 g/mol. The molecule has 0 amide bonds. The predicted octanol–water partition coefficient (Wildman–Crippen LogP) is -0.0721. The lowest BCUT2D eigenvalue weighted by Crippen LogP contribution is -2.53. The summed E-state index contributed by atoms with van der Waals surface area (Å²) in [7, 11) is 0.468. The van der Waals surface area contributed by atoms with Crippen LogP contribution in [0.1, 0.15) is 25.7 Å². The van der Waals surface area contributed by atoms with Gasteiger partial charge in [-0.25, -0.2) is 0 Å². The molecule has 2 aliphatic heterocycles. The van der Waals surface area contributed by atoms with Crippen molar-refractivity contribution in [2.24, 2.45) is 11.7 Å². The molecule has 0 aromatic heterocycles. The first-order chi connectivity index (χ1) is 9.45. The predicted molar refractivity (Wildman–Crippen MR) is 80.6 cm³/mol. The van der Waals surface area contributed by atoms with Crippen LogP contribution >= 0.6 is 0 Å². The normalized spacial score (nSPS) is 28.1. The van der Waals surface area contributed by atoms with E-state index in [1.54, 1.807) is 15.7 Å². The molecule has 118 valence electrons. The van der Waals surface area contributed by atoms with Gasteiger partial charge in [0.05, 0.1) is 0 Å². The molecule has 1 atom stereocenters. The first kappa shape index (κ1) is 16.2. The highest BCUT2D eigenvalue weighted by Crippen LogP contribution is 2.23. The van der Waals surface area contributed by atoms with E-state index in [-0.39, 0.29) is 6.04 Å². The van der Waals surface area contributed by atoms with E-state index in [4.69, 9.17) is 5.73 Å². The number of likely N-dealkylation sites (tertiary alicyclic amines) is 1. The monoisotopic (exact) mass is 304 g/mol. The number of nitrogens with zero attached hydrogens (tertiary/aromatic N) is 3. The van der Waals surface area contributed by atoms with E-state index in [9.17, 15) is 8.42 Å². The Balaban J connectivity index is 1.98. The summed E-state index contributed by atoms with van der Waals surface area (Å²) < 4.78 is 28.6. The molecule has 0 aromatic carbocycles. The first-order valence-electron chi connectivity index (χ1n) is 7.57. The lowest BCUT2D eigenvalue weighted by molar-refractivity contribution is 0.176. The highest BCUT2D eigenvalue weighted by molar-refractivity contribution is 7.86. The molecule has 1 unspecified atom stereocenters. The Hall–Kier alpha value is -0.210. The second-order valence-electron chi connectivity index (χ2n) is 6.16. The maximum absolute atomic E-state index is 12.7. The summed E-state index contributed by atoms with van der Waals surface area (Å²) in [6, 6.07) is 0.103. The zero-order valence-electron chi connectivity index (χ0n) is 12.7. The Morgan fingerprint density at radius 2 is 1.85 bits per heavy atom. The fraction of sp³-hybridized carbons (Fsp3) is 1.00. The van der Waals surface area contributed by atoms with Gasteiger partial charge in [-0.3, -0.25) is 0 Å². The molecule has 2 rings (SSSR count). The maximum atomic E-state index is 12.7. The van der Waals surface area contributed by atoms with Gasteiger partial charge in [0.2, 0.25) is 0 Å². The summed E-state index contributed by atoms with van der Waals surface area (Å²) in [5.41, 5.74) is 5.67. The minimum atomic E-state index is -3.32. The van der Waals surface area contributed by atoms with Gasteiger partial charge in [-0.05, 0) is 51.7 Å². The third-order valence-electron chi connectivity index (χ3n) is 4.71. The molecule has 0 aliphatic carbocycles. The van der Waals surface area contributed by atoms with Crippen LogP contribution in [0.4, 0.5) is 0 Å². The standard InChI is InChI=1S/C13H28N4O2S/c1-15-7-3-4-13(11-15)16(2)20(18,19)17-8-5-12(10-14)6-9-17/h12-13H,3-11,14H2,1-2H3. The highest BCUT2D eigenvalue weighted by atomic mass is 32.2. The second-order valence-corrected chi connectivity index (χ2v) is 8.15. The van der Waals surface area contributed by atoms with Crippen molar-refractivity contribution >= 4 is 10.2 Å². The van der Waals surface area contributed by atoms with E-state index >= 15 is 0 Å². The van der Waals surface area contributed by atoms with E-state index in [2.05, 4.69) is 11.9 Å². The quantitative estimate of drug-likeness (QED) is 0.789. The van der Waals surface area contributed by atoms with E-state index < -0.39 is 10.2 Å². The smallest absolute Gasteiger partial charge is 0.282 e. The number of piperidine rings is 2. The van der Waals surface area contributed by atoms with Gasteiger partial charge in [-0.15, -0.1) is 0 Å². The second kappa shape index (κ2) is 6.70. The van der Waals surface area contributed by atoms with Gasteiger partial charge >= 0.3 is 0 Å². The topological polar surface area (TPSA) is 69.9 Å². The number of hydrogen-bond acceptors (Lipinski definition) is 4. The minimum absolute atomic E-state index is 0.103. The van der Waals surface area contributed by atoms with Crippen LogP contribution in [0, 0.1) is 5.92 Å². The van der Waals surface area contributed by atoms with Crippen molar-refractivity contribution in [3.05, 3.63) is 0 Å². The lowest BCUT2D eigenvalue weighted by Gasteiger charge is -2.39. The summed E-state index contributed by atoms with van der Waals surface area (Å²) in [5.74, 6) is 0.479. The van der Waals surface area contributed by atoms with Crippen molar-refractivity contribution in [3.8, 4) is 0 Å². The summed E-state index contributed by atoms with van der Waals surface area (Å²) in [4.78, 5) is 2.21. The van der Waals surface area contributed by atoms with E-state index in [0.29, 0.717) is 25.6 Å². The van der Waals surface area contributed by atoms with Crippen molar-refractivity contribution in [2.75, 3.05) is 46.8 Å². The van der Waals surface area contributed by atoms with E-state index in [1.165, 1.54) is 0 Å². The SMILES string of the molecule is CN1CCCC(N(C)S(=O)(=O)N2CCC(CN)CC2)C1. The Labute approximate surface area is 123 Å². The Morgan fingerprint density at radius 3 is 2.40 bits per heavy atom. The first-order valence-corrected chi connectivity index (χ1v) is 8.96. The largest absolute Gasteiger partial charge is 0.330 e. The average Bonchev–Trinajstić information content (AvgIpc) is 2.46. The van der Waals surface area contributed by atoms with Crippen LogP contribution in [0.3, 0.4) is 0 Å². The molecule has 0 radical (unpaired) electrons. The van der Waals surface area contributed by atoms with Crippen molar-refractivity contribution in [2.45, 2.75) is 31.7 Å². The van der Waals surface area contributed by atoms with Crippen molar-refractivity contribution in [1.82, 2.24) is 13.5 Å². The van der Waals surface area contributed by atoms with Crippen LogP contribution in [0.2, 0.25) is 0 Å². The third-order valence-corrected chi connectivity index (χ3v) is 6.75. The lowest BCUT2D eigenvalue weighted by atomic mass is 9.99. The molecule has 6 nitrogen and oxygen atoms in total. The molecule has 0 aromatic rings. The number of nitrogens with two attached hydrogens (primary N) is 1. The Bertz CT molecular complexity index is 407. The third kappa shape index (κ3) is 3.51. The van der Waals surface area contributed by atoms with Crippen LogP contribution in [-0.2, 0) is 10.2 Å². The summed E-state index contributed by atoms with van der Waals surface area (Å²) in [6.07, 6.45) is 3.79. The van der Waals surface area contributed by atoms with Gasteiger partial charge in [0.25, 0.3) is 10.2 Å².